The van der Waals surface area contributed by atoms with Gasteiger partial charge in [-0.15, -0.1) is 0 Å². The lowest BCUT2D eigenvalue weighted by molar-refractivity contribution is -0.127. The molecule has 2 N–H and O–H groups in total. The number of carbonyl (C=O) groups excluding carboxylic acids is 2. The SMILES string of the molecule is CC(NC(=O)C1CCCN(C(=O)c2ccccc2OC(F)F)C1)c1ccccc1NS(C)(=O)=O. The monoisotopic (exact) mass is 495 g/mol. The van der Waals surface area contributed by atoms with Crippen LogP contribution in [0.2, 0.25) is 0 Å². The van der Waals surface area contributed by atoms with E-state index in [1.54, 1.807) is 37.3 Å². The first-order valence-electron chi connectivity index (χ1n) is 10.8. The zero-order valence-corrected chi connectivity index (χ0v) is 19.6. The van der Waals surface area contributed by atoms with E-state index in [2.05, 4.69) is 14.8 Å². The Hall–Kier alpha value is -3.21. The summed E-state index contributed by atoms with van der Waals surface area (Å²) in [5.74, 6) is -1.48. The van der Waals surface area contributed by atoms with Gasteiger partial charge in [0.25, 0.3) is 5.91 Å². The fourth-order valence-electron chi connectivity index (χ4n) is 3.96. The van der Waals surface area contributed by atoms with E-state index in [0.29, 0.717) is 30.6 Å². The zero-order valence-electron chi connectivity index (χ0n) is 18.8. The number of para-hydroxylation sites is 2. The van der Waals surface area contributed by atoms with E-state index in [0.717, 1.165) is 6.26 Å². The number of carbonyl (C=O) groups is 2. The van der Waals surface area contributed by atoms with Crippen LogP contribution in [0.25, 0.3) is 0 Å². The van der Waals surface area contributed by atoms with Crippen LogP contribution in [0.15, 0.2) is 48.5 Å². The van der Waals surface area contributed by atoms with Crippen molar-refractivity contribution in [1.29, 1.82) is 0 Å². The zero-order chi connectivity index (χ0) is 24.9. The molecule has 2 atom stereocenters. The number of benzene rings is 2. The van der Waals surface area contributed by atoms with Crippen LogP contribution in [0.1, 0.15) is 41.7 Å². The molecule has 2 aromatic carbocycles. The number of likely N-dealkylation sites (tertiary alicyclic amines) is 1. The number of nitrogens with one attached hydrogen (secondary N) is 2. The number of sulfonamides is 1. The van der Waals surface area contributed by atoms with Crippen molar-refractivity contribution in [2.75, 3.05) is 24.1 Å². The van der Waals surface area contributed by atoms with Gasteiger partial charge in [0.15, 0.2) is 0 Å². The standard InChI is InChI=1S/C23H27F2N3O5S/c1-15(17-9-3-5-11-19(17)27-34(2,31)32)26-21(29)16-8-7-13-28(14-16)22(30)18-10-4-6-12-20(18)33-23(24)25/h3-6,9-12,15-16,23,27H,7-8,13-14H2,1-2H3,(H,26,29). The number of hydrogen-bond donors (Lipinski definition) is 2. The van der Waals surface area contributed by atoms with Gasteiger partial charge in [-0.05, 0) is 43.5 Å². The van der Waals surface area contributed by atoms with Gasteiger partial charge in [-0.3, -0.25) is 14.3 Å². The van der Waals surface area contributed by atoms with E-state index in [-0.39, 0.29) is 23.8 Å². The van der Waals surface area contributed by atoms with E-state index in [9.17, 15) is 26.8 Å². The molecular weight excluding hydrogens is 468 g/mol. The maximum atomic E-state index is 13.0. The number of anilines is 1. The van der Waals surface area contributed by atoms with E-state index in [1.807, 2.05) is 0 Å². The lowest BCUT2D eigenvalue weighted by atomic mass is 9.95. The predicted molar refractivity (Wildman–Crippen MR) is 123 cm³/mol. The number of ether oxygens (including phenoxy) is 1. The van der Waals surface area contributed by atoms with E-state index >= 15 is 0 Å². The van der Waals surface area contributed by atoms with Gasteiger partial charge < -0.3 is 15.0 Å². The van der Waals surface area contributed by atoms with Gasteiger partial charge in [0.1, 0.15) is 5.75 Å². The van der Waals surface area contributed by atoms with Crippen molar-refractivity contribution in [2.24, 2.45) is 5.92 Å². The first-order valence-corrected chi connectivity index (χ1v) is 12.6. The lowest BCUT2D eigenvalue weighted by Gasteiger charge is -2.33. The van der Waals surface area contributed by atoms with Crippen LogP contribution in [0.4, 0.5) is 14.5 Å². The number of amides is 2. The molecule has 1 heterocycles. The summed E-state index contributed by atoms with van der Waals surface area (Å²) in [5, 5.41) is 2.89. The van der Waals surface area contributed by atoms with Crippen LogP contribution in [0.3, 0.4) is 0 Å². The summed E-state index contributed by atoms with van der Waals surface area (Å²) in [6.45, 7) is -0.800. The topological polar surface area (TPSA) is 105 Å². The highest BCUT2D eigenvalue weighted by molar-refractivity contribution is 7.92. The predicted octanol–water partition coefficient (Wildman–Crippen LogP) is 3.39. The summed E-state index contributed by atoms with van der Waals surface area (Å²) in [5.41, 5.74) is 0.981. The number of rotatable bonds is 8. The molecule has 0 aromatic heterocycles. The van der Waals surface area contributed by atoms with Crippen LogP contribution in [-0.2, 0) is 14.8 Å². The molecule has 1 aliphatic rings. The van der Waals surface area contributed by atoms with Gasteiger partial charge in [-0.25, -0.2) is 8.42 Å². The maximum Gasteiger partial charge on any atom is 0.387 e. The summed E-state index contributed by atoms with van der Waals surface area (Å²) in [4.78, 5) is 27.4. The van der Waals surface area contributed by atoms with E-state index < -0.39 is 34.5 Å². The first-order chi connectivity index (χ1) is 16.0. The molecule has 184 valence electrons. The fraction of sp³-hybridized carbons (Fsp3) is 0.391. The van der Waals surface area contributed by atoms with Gasteiger partial charge >= 0.3 is 6.61 Å². The minimum absolute atomic E-state index is 0.0120. The molecule has 0 radical (unpaired) electrons. The Balaban J connectivity index is 1.69. The van der Waals surface area contributed by atoms with Crippen molar-refractivity contribution in [2.45, 2.75) is 32.4 Å². The van der Waals surface area contributed by atoms with Gasteiger partial charge in [0.2, 0.25) is 15.9 Å². The normalized spacial score (nSPS) is 17.2. The number of hydrogen-bond acceptors (Lipinski definition) is 5. The average Bonchev–Trinajstić information content (AvgIpc) is 2.78. The maximum absolute atomic E-state index is 13.0. The largest absolute Gasteiger partial charge is 0.434 e. The van der Waals surface area contributed by atoms with Crippen LogP contribution in [0, 0.1) is 5.92 Å². The minimum atomic E-state index is -3.50. The van der Waals surface area contributed by atoms with Crippen molar-refractivity contribution >= 4 is 27.5 Å². The van der Waals surface area contributed by atoms with Crippen molar-refractivity contribution in [3.05, 3.63) is 59.7 Å². The molecule has 11 heteroatoms. The summed E-state index contributed by atoms with van der Waals surface area (Å²) in [6, 6.07) is 12.0. The second-order valence-electron chi connectivity index (χ2n) is 8.16. The number of nitrogens with zero attached hydrogens (tertiary/aromatic N) is 1. The highest BCUT2D eigenvalue weighted by Gasteiger charge is 2.31. The van der Waals surface area contributed by atoms with Gasteiger partial charge in [-0.2, -0.15) is 8.78 Å². The molecule has 2 unspecified atom stereocenters. The highest BCUT2D eigenvalue weighted by Crippen LogP contribution is 2.27. The molecule has 8 nitrogen and oxygen atoms in total. The summed E-state index contributed by atoms with van der Waals surface area (Å²) >= 11 is 0. The van der Waals surface area contributed by atoms with Crippen molar-refractivity contribution in [3.8, 4) is 5.75 Å². The first kappa shape index (κ1) is 25.4. The lowest BCUT2D eigenvalue weighted by Crippen LogP contribution is -2.46. The van der Waals surface area contributed by atoms with Crippen LogP contribution < -0.4 is 14.8 Å². The Morgan fingerprint density at radius 2 is 1.79 bits per heavy atom. The fourth-order valence-corrected chi connectivity index (χ4v) is 4.55. The van der Waals surface area contributed by atoms with Crippen molar-refractivity contribution < 1.29 is 31.5 Å². The van der Waals surface area contributed by atoms with Gasteiger partial charge in [0, 0.05) is 13.1 Å². The third-order valence-corrected chi connectivity index (χ3v) is 6.09. The molecular formula is C23H27F2N3O5S. The molecule has 1 aliphatic heterocycles. The summed E-state index contributed by atoms with van der Waals surface area (Å²) in [6.07, 6.45) is 2.17. The smallest absolute Gasteiger partial charge is 0.387 e. The van der Waals surface area contributed by atoms with Gasteiger partial charge in [0.05, 0.1) is 29.5 Å². The van der Waals surface area contributed by atoms with Crippen LogP contribution >= 0.6 is 0 Å². The molecule has 0 aliphatic carbocycles. The Kier molecular flexibility index (Phi) is 8.08. The minimum Gasteiger partial charge on any atom is -0.434 e. The van der Waals surface area contributed by atoms with E-state index in [1.165, 1.54) is 23.1 Å². The second-order valence-corrected chi connectivity index (χ2v) is 9.91. The van der Waals surface area contributed by atoms with Crippen LogP contribution in [-0.4, -0.2) is 51.1 Å². The molecule has 0 saturated carbocycles. The number of alkyl halides is 2. The Labute approximate surface area is 197 Å². The molecule has 0 bridgehead atoms. The summed E-state index contributed by atoms with van der Waals surface area (Å²) < 4.78 is 55.7. The average molecular weight is 496 g/mol. The molecule has 1 saturated heterocycles. The quantitative estimate of drug-likeness (QED) is 0.584. The molecule has 34 heavy (non-hydrogen) atoms. The van der Waals surface area contributed by atoms with Gasteiger partial charge in [-0.1, -0.05) is 30.3 Å². The van der Waals surface area contributed by atoms with Crippen LogP contribution in [0.5, 0.6) is 5.75 Å². The molecule has 0 spiro atoms. The number of halogens is 2. The molecule has 1 fully saturated rings. The Morgan fingerprint density at radius 3 is 2.50 bits per heavy atom. The number of piperidine rings is 1. The van der Waals surface area contributed by atoms with Crippen molar-refractivity contribution in [3.63, 3.8) is 0 Å². The Morgan fingerprint density at radius 1 is 1.12 bits per heavy atom. The second kappa shape index (κ2) is 10.8. The van der Waals surface area contributed by atoms with E-state index in [4.69, 9.17) is 0 Å². The third kappa shape index (κ3) is 6.66. The molecule has 2 aromatic rings. The summed E-state index contributed by atoms with van der Waals surface area (Å²) in [7, 11) is -3.50. The molecule has 3 rings (SSSR count). The highest BCUT2D eigenvalue weighted by atomic mass is 32.2. The third-order valence-electron chi connectivity index (χ3n) is 5.49. The van der Waals surface area contributed by atoms with Crippen molar-refractivity contribution in [1.82, 2.24) is 10.2 Å². The molecule has 2 amide bonds. The Bertz CT molecular complexity index is 1140.